The Labute approximate surface area is 149 Å². The summed E-state index contributed by atoms with van der Waals surface area (Å²) in [5.74, 6) is 0.601. The Morgan fingerprint density at radius 1 is 1.15 bits per heavy atom. The third kappa shape index (κ3) is 2.34. The third-order valence-corrected chi connectivity index (χ3v) is 5.06. The lowest BCUT2D eigenvalue weighted by Gasteiger charge is -2.21. The Bertz CT molecular complexity index is 1120. The van der Waals surface area contributed by atoms with Crippen LogP contribution in [0.5, 0.6) is 0 Å². The van der Waals surface area contributed by atoms with Gasteiger partial charge in [0.15, 0.2) is 17.0 Å². The summed E-state index contributed by atoms with van der Waals surface area (Å²) < 4.78 is 1.71. The van der Waals surface area contributed by atoms with E-state index in [1.165, 1.54) is 0 Å². The van der Waals surface area contributed by atoms with E-state index in [2.05, 4.69) is 20.3 Å². The standard InChI is InChI=1S/C18H18N8/c19-12-5-6-18(20,9-12)17-22-10-15-16(23-17)26(25-24-15)13-3-4-14-11(8-13)2-1-7-21-14/h1-4,7-8,10,12H,5-6,9,19-20H2. The Balaban J connectivity index is 1.64. The maximum atomic E-state index is 6.53. The van der Waals surface area contributed by atoms with Crippen LogP contribution in [-0.4, -0.2) is 36.0 Å². The van der Waals surface area contributed by atoms with Crippen molar-refractivity contribution in [1.82, 2.24) is 29.9 Å². The highest BCUT2D eigenvalue weighted by Gasteiger charge is 2.38. The number of rotatable bonds is 2. The number of fused-ring (bicyclic) bond motifs is 2. The van der Waals surface area contributed by atoms with E-state index >= 15 is 0 Å². The van der Waals surface area contributed by atoms with Crippen LogP contribution in [-0.2, 0) is 5.54 Å². The van der Waals surface area contributed by atoms with Crippen molar-refractivity contribution in [3.8, 4) is 5.69 Å². The van der Waals surface area contributed by atoms with E-state index < -0.39 is 5.54 Å². The zero-order chi connectivity index (χ0) is 17.7. The van der Waals surface area contributed by atoms with Crippen molar-refractivity contribution in [3.05, 3.63) is 48.5 Å². The molecule has 4 N–H and O–H groups in total. The minimum Gasteiger partial charge on any atom is -0.328 e. The summed E-state index contributed by atoms with van der Waals surface area (Å²) in [6.07, 6.45) is 5.80. The fraction of sp³-hybridized carbons (Fsp3) is 0.278. The number of hydrogen-bond acceptors (Lipinski definition) is 7. The molecule has 1 fully saturated rings. The van der Waals surface area contributed by atoms with Gasteiger partial charge in [-0.2, -0.15) is 4.68 Å². The van der Waals surface area contributed by atoms with Gasteiger partial charge in [0.25, 0.3) is 0 Å². The number of hydrogen-bond donors (Lipinski definition) is 2. The predicted molar refractivity (Wildman–Crippen MR) is 97.4 cm³/mol. The first-order chi connectivity index (χ1) is 12.6. The fourth-order valence-corrected chi connectivity index (χ4v) is 3.65. The average Bonchev–Trinajstić information content (AvgIpc) is 3.24. The minimum absolute atomic E-state index is 0.0929. The smallest absolute Gasteiger partial charge is 0.187 e. The van der Waals surface area contributed by atoms with Crippen LogP contribution in [0.25, 0.3) is 27.8 Å². The number of nitrogens with zero attached hydrogens (tertiary/aromatic N) is 6. The Hall–Kier alpha value is -2.97. The summed E-state index contributed by atoms with van der Waals surface area (Å²) in [6, 6.07) is 9.95. The molecule has 3 aromatic heterocycles. The molecule has 1 aliphatic rings. The number of benzene rings is 1. The van der Waals surface area contributed by atoms with Gasteiger partial charge in [-0.3, -0.25) is 4.98 Å². The fourth-order valence-electron chi connectivity index (χ4n) is 3.65. The van der Waals surface area contributed by atoms with Gasteiger partial charge in [0.2, 0.25) is 0 Å². The lowest BCUT2D eigenvalue weighted by atomic mass is 9.98. The average molecular weight is 346 g/mol. The van der Waals surface area contributed by atoms with Gasteiger partial charge in [-0.1, -0.05) is 11.3 Å². The van der Waals surface area contributed by atoms with E-state index in [-0.39, 0.29) is 6.04 Å². The summed E-state index contributed by atoms with van der Waals surface area (Å²) in [5, 5.41) is 9.47. The molecular weight excluding hydrogens is 328 g/mol. The molecule has 130 valence electrons. The second-order valence-corrected chi connectivity index (χ2v) is 6.94. The van der Waals surface area contributed by atoms with Gasteiger partial charge in [-0.25, -0.2) is 9.97 Å². The van der Waals surface area contributed by atoms with E-state index in [1.807, 2.05) is 30.3 Å². The highest BCUT2D eigenvalue weighted by molar-refractivity contribution is 5.81. The monoisotopic (exact) mass is 346 g/mol. The van der Waals surface area contributed by atoms with Crippen LogP contribution in [0.1, 0.15) is 25.1 Å². The molecule has 0 spiro atoms. The summed E-state index contributed by atoms with van der Waals surface area (Å²) in [7, 11) is 0. The second kappa shape index (κ2) is 5.52. The van der Waals surface area contributed by atoms with Crippen LogP contribution >= 0.6 is 0 Å². The van der Waals surface area contributed by atoms with Crippen molar-refractivity contribution >= 4 is 22.1 Å². The zero-order valence-corrected chi connectivity index (χ0v) is 14.1. The van der Waals surface area contributed by atoms with E-state index in [9.17, 15) is 0 Å². The summed E-state index contributed by atoms with van der Waals surface area (Å²) >= 11 is 0. The molecule has 2 atom stereocenters. The normalized spacial score (nSPS) is 23.1. The van der Waals surface area contributed by atoms with Crippen LogP contribution < -0.4 is 11.5 Å². The quantitative estimate of drug-likeness (QED) is 0.563. The van der Waals surface area contributed by atoms with Crippen LogP contribution in [0.4, 0.5) is 0 Å². The van der Waals surface area contributed by atoms with Crippen LogP contribution in [0.2, 0.25) is 0 Å². The van der Waals surface area contributed by atoms with Crippen molar-refractivity contribution in [1.29, 1.82) is 0 Å². The molecule has 0 amide bonds. The second-order valence-electron chi connectivity index (χ2n) is 6.94. The van der Waals surface area contributed by atoms with Gasteiger partial charge in [-0.05, 0) is 43.5 Å². The summed E-state index contributed by atoms with van der Waals surface area (Å²) in [6.45, 7) is 0. The minimum atomic E-state index is -0.587. The number of aromatic nitrogens is 6. The Kier molecular flexibility index (Phi) is 3.25. The maximum absolute atomic E-state index is 6.53. The zero-order valence-electron chi connectivity index (χ0n) is 14.1. The van der Waals surface area contributed by atoms with Crippen molar-refractivity contribution in [2.45, 2.75) is 30.8 Å². The first-order valence-corrected chi connectivity index (χ1v) is 8.61. The van der Waals surface area contributed by atoms with Gasteiger partial charge in [0.1, 0.15) is 0 Å². The molecule has 0 radical (unpaired) electrons. The molecule has 8 heteroatoms. The lowest BCUT2D eigenvalue weighted by molar-refractivity contribution is 0.426. The summed E-state index contributed by atoms with van der Waals surface area (Å²) in [5.41, 5.74) is 15.1. The van der Waals surface area contributed by atoms with Gasteiger partial charge in [-0.15, -0.1) is 5.10 Å². The topological polar surface area (TPSA) is 121 Å². The molecule has 0 bridgehead atoms. The highest BCUT2D eigenvalue weighted by Crippen LogP contribution is 2.34. The molecule has 1 aromatic carbocycles. The van der Waals surface area contributed by atoms with Crippen molar-refractivity contribution < 1.29 is 0 Å². The van der Waals surface area contributed by atoms with Crippen LogP contribution in [0.3, 0.4) is 0 Å². The molecule has 2 unspecified atom stereocenters. The first-order valence-electron chi connectivity index (χ1n) is 8.61. The molecule has 1 aliphatic carbocycles. The van der Waals surface area contributed by atoms with Gasteiger partial charge in [0.05, 0.1) is 22.9 Å². The van der Waals surface area contributed by atoms with Crippen molar-refractivity contribution in [2.24, 2.45) is 11.5 Å². The third-order valence-electron chi connectivity index (χ3n) is 5.06. The van der Waals surface area contributed by atoms with E-state index in [1.54, 1.807) is 17.1 Å². The molecule has 8 nitrogen and oxygen atoms in total. The highest BCUT2D eigenvalue weighted by atomic mass is 15.4. The van der Waals surface area contributed by atoms with Crippen LogP contribution in [0, 0.1) is 0 Å². The molecule has 5 rings (SSSR count). The molecule has 1 saturated carbocycles. The van der Waals surface area contributed by atoms with Gasteiger partial charge < -0.3 is 11.5 Å². The van der Waals surface area contributed by atoms with Gasteiger partial charge >= 0.3 is 0 Å². The molecular formula is C18H18N8. The SMILES string of the molecule is NC1CCC(N)(c2ncc3nnn(-c4ccc5ncccc5c4)c3n2)C1. The van der Waals surface area contributed by atoms with Crippen molar-refractivity contribution in [3.63, 3.8) is 0 Å². The molecule has 4 aromatic rings. The van der Waals surface area contributed by atoms with E-state index in [0.29, 0.717) is 23.4 Å². The molecule has 0 aliphatic heterocycles. The Morgan fingerprint density at radius 2 is 2.08 bits per heavy atom. The maximum Gasteiger partial charge on any atom is 0.187 e. The van der Waals surface area contributed by atoms with Crippen LogP contribution in [0.15, 0.2) is 42.7 Å². The molecule has 26 heavy (non-hydrogen) atoms. The number of nitrogens with two attached hydrogens (primary N) is 2. The molecule has 0 saturated heterocycles. The largest absolute Gasteiger partial charge is 0.328 e. The summed E-state index contributed by atoms with van der Waals surface area (Å²) in [4.78, 5) is 13.5. The molecule has 3 heterocycles. The van der Waals surface area contributed by atoms with E-state index in [4.69, 9.17) is 16.5 Å². The Morgan fingerprint density at radius 3 is 2.92 bits per heavy atom. The first kappa shape index (κ1) is 15.3. The number of pyridine rings is 1. The lowest BCUT2D eigenvalue weighted by Crippen LogP contribution is -2.37. The van der Waals surface area contributed by atoms with Crippen molar-refractivity contribution in [2.75, 3.05) is 0 Å². The van der Waals surface area contributed by atoms with E-state index in [0.717, 1.165) is 29.4 Å². The predicted octanol–water partition coefficient (Wildman–Crippen LogP) is 1.42. The van der Waals surface area contributed by atoms with Gasteiger partial charge in [0, 0.05) is 17.6 Å².